The number of hydrogen-bond acceptors (Lipinski definition) is 13. The number of carbonyl (C=O) groups excluding carboxylic acids is 4. The average molecular weight is 791 g/mol. The van der Waals surface area contributed by atoms with Crippen molar-refractivity contribution in [1.82, 2.24) is 34.9 Å². The molecule has 3 aliphatic rings. The lowest BCUT2D eigenvalue weighted by molar-refractivity contribution is -0.136. The summed E-state index contributed by atoms with van der Waals surface area (Å²) in [7, 11) is 0. The Bertz CT molecular complexity index is 2280. The van der Waals surface area contributed by atoms with Crippen LogP contribution < -0.4 is 15.8 Å². The minimum Gasteiger partial charge on any atom is -0.457 e. The van der Waals surface area contributed by atoms with Crippen LogP contribution in [0.15, 0.2) is 84.0 Å². The molecule has 1 unspecified atom stereocenters. The minimum atomic E-state index is -0.993. The van der Waals surface area contributed by atoms with Gasteiger partial charge in [0.2, 0.25) is 11.8 Å². The number of rotatable bonds is 15. The molecular weight excluding hydrogens is 749 g/mol. The van der Waals surface area contributed by atoms with Crippen molar-refractivity contribution in [3.05, 3.63) is 90.3 Å². The number of carbonyl (C=O) groups is 4. The van der Waals surface area contributed by atoms with Crippen molar-refractivity contribution in [2.24, 2.45) is 0 Å². The molecule has 2 aromatic heterocycles. The molecule has 5 aromatic rings. The fourth-order valence-corrected chi connectivity index (χ4v) is 8.41. The van der Waals surface area contributed by atoms with Gasteiger partial charge in [0.25, 0.3) is 11.8 Å². The number of nitrogens with zero attached hydrogens (tertiary/aromatic N) is 6. The van der Waals surface area contributed by atoms with E-state index in [0.717, 1.165) is 71.2 Å². The molecule has 15 nitrogen and oxygen atoms in total. The number of nitrogens with one attached hydrogen (secondary N) is 1. The molecule has 2 saturated heterocycles. The number of piperidine rings is 2. The third-order valence-electron chi connectivity index (χ3n) is 10.4. The van der Waals surface area contributed by atoms with Crippen molar-refractivity contribution >= 4 is 52.2 Å². The quantitative estimate of drug-likeness (QED) is 0.0844. The van der Waals surface area contributed by atoms with Gasteiger partial charge in [0.15, 0.2) is 5.65 Å². The Balaban J connectivity index is 0.759. The zero-order valence-corrected chi connectivity index (χ0v) is 32.0. The molecule has 2 fully saturated rings. The first kappa shape index (κ1) is 38.2. The molecule has 0 aliphatic carbocycles. The SMILES string of the molecule is Nc1ncnc2c1c(-c1ccc(Oc3ccccc3)cc1)nn2C1CCN(CCOCCOCCSc2cccc3c2C(=O)N(C2CCC(=O)NC2=O)C3=O)CC1. The Labute approximate surface area is 332 Å². The number of likely N-dealkylation sites (tertiary alicyclic amines) is 1. The first-order chi connectivity index (χ1) is 27.9. The summed E-state index contributed by atoms with van der Waals surface area (Å²) in [5, 5.41) is 8.02. The second-order valence-electron chi connectivity index (χ2n) is 14.0. The Hall–Kier alpha value is -5.68. The van der Waals surface area contributed by atoms with Crippen LogP contribution in [0.3, 0.4) is 0 Å². The summed E-state index contributed by atoms with van der Waals surface area (Å²) >= 11 is 1.42. The molecule has 3 N–H and O–H groups in total. The number of benzene rings is 3. The highest BCUT2D eigenvalue weighted by molar-refractivity contribution is 7.99. The van der Waals surface area contributed by atoms with Gasteiger partial charge in [0, 0.05) is 42.3 Å². The van der Waals surface area contributed by atoms with E-state index in [2.05, 4.69) is 20.2 Å². The number of nitrogen functional groups attached to an aromatic ring is 1. The molecule has 57 heavy (non-hydrogen) atoms. The van der Waals surface area contributed by atoms with Gasteiger partial charge >= 0.3 is 0 Å². The fourth-order valence-electron chi connectivity index (χ4n) is 7.48. The monoisotopic (exact) mass is 790 g/mol. The number of amides is 4. The largest absolute Gasteiger partial charge is 0.457 e. The van der Waals surface area contributed by atoms with Gasteiger partial charge in [-0.05, 0) is 67.8 Å². The second-order valence-corrected chi connectivity index (χ2v) is 15.1. The number of imide groups is 2. The van der Waals surface area contributed by atoms with Crippen molar-refractivity contribution in [2.75, 3.05) is 57.5 Å². The van der Waals surface area contributed by atoms with Gasteiger partial charge in [-0.3, -0.25) is 29.4 Å². The van der Waals surface area contributed by atoms with Gasteiger partial charge in [-0.1, -0.05) is 24.3 Å². The molecule has 8 rings (SSSR count). The van der Waals surface area contributed by atoms with Crippen LogP contribution in [0.25, 0.3) is 22.3 Å². The minimum absolute atomic E-state index is 0.0777. The number of thioether (sulfide) groups is 1. The Morgan fingerprint density at radius 3 is 2.33 bits per heavy atom. The second kappa shape index (κ2) is 17.2. The van der Waals surface area contributed by atoms with Crippen LogP contribution in [0.5, 0.6) is 11.5 Å². The molecule has 3 aromatic carbocycles. The van der Waals surface area contributed by atoms with E-state index in [9.17, 15) is 19.2 Å². The summed E-state index contributed by atoms with van der Waals surface area (Å²) < 4.78 is 19.6. The molecule has 0 spiro atoms. The first-order valence-electron chi connectivity index (χ1n) is 19.0. The highest BCUT2D eigenvalue weighted by atomic mass is 32.2. The maximum absolute atomic E-state index is 13.3. The first-order valence-corrected chi connectivity index (χ1v) is 20.0. The Kier molecular flexibility index (Phi) is 11.5. The van der Waals surface area contributed by atoms with E-state index in [4.69, 9.17) is 25.0 Å². The smallest absolute Gasteiger partial charge is 0.263 e. The Morgan fingerprint density at radius 2 is 1.56 bits per heavy atom. The lowest BCUT2D eigenvalue weighted by Gasteiger charge is -2.32. The van der Waals surface area contributed by atoms with E-state index in [1.807, 2.05) is 59.3 Å². The fraction of sp³-hybridized carbons (Fsp3) is 0.341. The maximum atomic E-state index is 13.3. The molecular formula is C41H42N8O7S. The van der Waals surface area contributed by atoms with Gasteiger partial charge in [-0.15, -0.1) is 11.8 Å². The molecule has 4 amide bonds. The van der Waals surface area contributed by atoms with E-state index in [-0.39, 0.29) is 24.4 Å². The van der Waals surface area contributed by atoms with Crippen molar-refractivity contribution in [3.8, 4) is 22.8 Å². The third-order valence-corrected chi connectivity index (χ3v) is 11.4. The average Bonchev–Trinajstić information content (AvgIpc) is 3.74. The molecule has 3 aliphatic heterocycles. The van der Waals surface area contributed by atoms with Crippen LogP contribution >= 0.6 is 11.8 Å². The molecule has 1 atom stereocenters. The van der Waals surface area contributed by atoms with Gasteiger partial charge in [0.1, 0.15) is 35.4 Å². The van der Waals surface area contributed by atoms with Crippen LogP contribution in [0.2, 0.25) is 0 Å². The maximum Gasteiger partial charge on any atom is 0.263 e. The summed E-state index contributed by atoms with van der Waals surface area (Å²) in [4.78, 5) is 63.3. The number of ether oxygens (including phenoxy) is 3. The van der Waals surface area contributed by atoms with E-state index < -0.39 is 29.7 Å². The van der Waals surface area contributed by atoms with Crippen molar-refractivity contribution in [3.63, 3.8) is 0 Å². The topological polar surface area (TPSA) is 184 Å². The molecule has 294 valence electrons. The normalized spacial score (nSPS) is 17.7. The summed E-state index contributed by atoms with van der Waals surface area (Å²) in [5.74, 6) is 0.404. The lowest BCUT2D eigenvalue weighted by Crippen LogP contribution is -2.54. The van der Waals surface area contributed by atoms with Crippen molar-refractivity contribution < 1.29 is 33.4 Å². The number of anilines is 1. The van der Waals surface area contributed by atoms with Crippen molar-refractivity contribution in [2.45, 2.75) is 42.7 Å². The number of para-hydroxylation sites is 1. The molecule has 0 radical (unpaired) electrons. The predicted molar refractivity (Wildman–Crippen MR) is 212 cm³/mol. The summed E-state index contributed by atoms with van der Waals surface area (Å²) in [6.07, 6.45) is 3.50. The highest BCUT2D eigenvalue weighted by Crippen LogP contribution is 2.36. The summed E-state index contributed by atoms with van der Waals surface area (Å²) in [6.45, 7) is 4.50. The van der Waals surface area contributed by atoms with Crippen molar-refractivity contribution in [1.29, 1.82) is 0 Å². The van der Waals surface area contributed by atoms with E-state index >= 15 is 0 Å². The van der Waals surface area contributed by atoms with E-state index in [1.165, 1.54) is 18.1 Å². The van der Waals surface area contributed by atoms with Crippen LogP contribution in [-0.4, -0.2) is 111 Å². The number of aromatic nitrogens is 4. The standard InChI is InChI=1S/C41H42N8O7S/c42-37-35-36(26-9-11-29(12-10-26)56-28-5-2-1-3-6-28)46-49(38(35)44-25-43-37)27-15-17-47(18-16-27)19-20-54-21-22-55-23-24-57-32-8-4-7-30-34(32)41(53)48(40(30)52)31-13-14-33(50)45-39(31)51/h1-12,25,27,31H,13-24H2,(H2,42,43,44)(H,45,50,51). The number of nitrogens with two attached hydrogens (primary N) is 1. The van der Waals surface area contributed by atoms with Crippen LogP contribution in [0.1, 0.15) is 52.4 Å². The van der Waals surface area contributed by atoms with Crippen LogP contribution in [0, 0.1) is 0 Å². The third kappa shape index (κ3) is 8.25. The summed E-state index contributed by atoms with van der Waals surface area (Å²) in [5.41, 5.74) is 9.34. The molecule has 16 heteroatoms. The summed E-state index contributed by atoms with van der Waals surface area (Å²) in [6, 6.07) is 21.7. The number of hydrogen-bond donors (Lipinski definition) is 2. The Morgan fingerprint density at radius 1 is 0.807 bits per heavy atom. The lowest BCUT2D eigenvalue weighted by atomic mass is 10.0. The highest BCUT2D eigenvalue weighted by Gasteiger charge is 2.45. The van der Waals surface area contributed by atoms with Gasteiger partial charge < -0.3 is 24.8 Å². The van der Waals surface area contributed by atoms with Gasteiger partial charge in [0.05, 0.1) is 49.0 Å². The molecule has 0 bridgehead atoms. The van der Waals surface area contributed by atoms with Gasteiger partial charge in [-0.25, -0.2) is 14.6 Å². The van der Waals surface area contributed by atoms with E-state index in [0.29, 0.717) is 48.5 Å². The zero-order chi connectivity index (χ0) is 39.3. The predicted octanol–water partition coefficient (Wildman–Crippen LogP) is 4.73. The molecule has 0 saturated carbocycles. The molecule has 5 heterocycles. The van der Waals surface area contributed by atoms with Crippen LogP contribution in [-0.2, 0) is 19.1 Å². The van der Waals surface area contributed by atoms with Gasteiger partial charge in [-0.2, -0.15) is 5.10 Å². The number of fused-ring (bicyclic) bond motifs is 2. The van der Waals surface area contributed by atoms with E-state index in [1.54, 1.807) is 18.2 Å². The van der Waals surface area contributed by atoms with Crippen LogP contribution in [0.4, 0.5) is 5.82 Å². The zero-order valence-electron chi connectivity index (χ0n) is 31.2.